The number of carbonyl (C=O) groups is 1. The molecule has 3 nitrogen and oxygen atoms in total. The Balaban J connectivity index is 3.15. The van der Waals surface area contributed by atoms with Crippen LogP contribution in [-0.2, 0) is 4.74 Å². The summed E-state index contributed by atoms with van der Waals surface area (Å²) in [5.41, 5.74) is -1.11. The molecule has 0 radical (unpaired) electrons. The van der Waals surface area contributed by atoms with Gasteiger partial charge in [0.2, 0.25) is 5.95 Å². The van der Waals surface area contributed by atoms with E-state index in [1.165, 1.54) is 0 Å². The molecule has 0 aliphatic rings. The summed E-state index contributed by atoms with van der Waals surface area (Å²) in [5.74, 6) is -2.15. The maximum Gasteiger partial charge on any atom is 0.342 e. The number of pyridine rings is 1. The van der Waals surface area contributed by atoms with E-state index >= 15 is 0 Å². The summed E-state index contributed by atoms with van der Waals surface area (Å²) in [6.45, 7) is 1.63. The standard InChI is InChI=1S/C9H7F3INO2/c1-2-16-9(15)4-3-5(13)6(7(10)11)14-8(4)12/h3,7H,2H2,1H3. The molecule has 0 aliphatic heterocycles. The fraction of sp³-hybridized carbons (Fsp3) is 0.333. The van der Waals surface area contributed by atoms with Crippen molar-refractivity contribution in [2.45, 2.75) is 13.3 Å². The third-order valence-corrected chi connectivity index (χ3v) is 2.52. The van der Waals surface area contributed by atoms with Crippen molar-refractivity contribution in [2.24, 2.45) is 0 Å². The summed E-state index contributed by atoms with van der Waals surface area (Å²) >= 11 is 1.56. The Morgan fingerprint density at radius 1 is 1.62 bits per heavy atom. The van der Waals surface area contributed by atoms with E-state index in [0.29, 0.717) is 0 Å². The van der Waals surface area contributed by atoms with Crippen LogP contribution in [0, 0.1) is 9.52 Å². The van der Waals surface area contributed by atoms with E-state index in [2.05, 4.69) is 9.72 Å². The second-order valence-corrected chi connectivity index (χ2v) is 3.88. The van der Waals surface area contributed by atoms with Crippen LogP contribution in [-0.4, -0.2) is 17.6 Å². The second-order valence-electron chi connectivity index (χ2n) is 2.71. The van der Waals surface area contributed by atoms with Crippen LogP contribution in [0.4, 0.5) is 13.2 Å². The smallest absolute Gasteiger partial charge is 0.342 e. The lowest BCUT2D eigenvalue weighted by Crippen LogP contribution is -2.11. The van der Waals surface area contributed by atoms with Crippen molar-refractivity contribution in [1.29, 1.82) is 0 Å². The first-order chi connectivity index (χ1) is 7.47. The first kappa shape index (κ1) is 13.2. The Morgan fingerprint density at radius 2 is 2.25 bits per heavy atom. The van der Waals surface area contributed by atoms with Crippen molar-refractivity contribution < 1.29 is 22.7 Å². The molecule has 0 aliphatic carbocycles. The maximum absolute atomic E-state index is 13.2. The zero-order valence-electron chi connectivity index (χ0n) is 8.14. The quantitative estimate of drug-likeness (QED) is 0.480. The third-order valence-electron chi connectivity index (χ3n) is 1.66. The van der Waals surface area contributed by atoms with Crippen molar-refractivity contribution in [2.75, 3.05) is 6.61 Å². The molecule has 0 aromatic carbocycles. The molecule has 0 saturated carbocycles. The monoisotopic (exact) mass is 345 g/mol. The first-order valence-corrected chi connectivity index (χ1v) is 5.36. The van der Waals surface area contributed by atoms with Gasteiger partial charge in [0.15, 0.2) is 0 Å². The highest BCUT2D eigenvalue weighted by atomic mass is 127. The molecule has 1 aromatic heterocycles. The zero-order valence-corrected chi connectivity index (χ0v) is 10.3. The lowest BCUT2D eigenvalue weighted by Gasteiger charge is -2.06. The lowest BCUT2D eigenvalue weighted by molar-refractivity contribution is 0.0518. The van der Waals surface area contributed by atoms with E-state index in [9.17, 15) is 18.0 Å². The average molecular weight is 345 g/mol. The number of hydrogen-bond acceptors (Lipinski definition) is 3. The number of halogens is 4. The Morgan fingerprint density at radius 3 is 2.75 bits per heavy atom. The predicted octanol–water partition coefficient (Wildman–Crippen LogP) is 2.94. The summed E-state index contributed by atoms with van der Waals surface area (Å²) in [5, 5.41) is 0. The molecule has 88 valence electrons. The van der Waals surface area contributed by atoms with Gasteiger partial charge in [-0.3, -0.25) is 0 Å². The number of hydrogen-bond donors (Lipinski definition) is 0. The van der Waals surface area contributed by atoms with Gasteiger partial charge in [0.1, 0.15) is 11.3 Å². The Kier molecular flexibility index (Phi) is 4.51. The highest BCUT2D eigenvalue weighted by Gasteiger charge is 2.21. The van der Waals surface area contributed by atoms with E-state index in [1.807, 2.05) is 0 Å². The van der Waals surface area contributed by atoms with Gasteiger partial charge in [-0.15, -0.1) is 0 Å². The normalized spacial score (nSPS) is 10.6. The van der Waals surface area contributed by atoms with Crippen molar-refractivity contribution >= 4 is 28.6 Å². The van der Waals surface area contributed by atoms with Crippen molar-refractivity contribution in [3.63, 3.8) is 0 Å². The number of carbonyl (C=O) groups excluding carboxylic acids is 1. The van der Waals surface area contributed by atoms with Gasteiger partial charge >= 0.3 is 5.97 Å². The number of alkyl halides is 2. The van der Waals surface area contributed by atoms with Gasteiger partial charge < -0.3 is 4.74 Å². The van der Waals surface area contributed by atoms with Crippen LogP contribution in [0.15, 0.2) is 6.07 Å². The maximum atomic E-state index is 13.2. The summed E-state index contributed by atoms with van der Waals surface area (Å²) in [7, 11) is 0. The van der Waals surface area contributed by atoms with E-state index < -0.39 is 29.6 Å². The van der Waals surface area contributed by atoms with Gasteiger partial charge in [-0.1, -0.05) is 0 Å². The number of rotatable bonds is 3. The fourth-order valence-corrected chi connectivity index (χ4v) is 1.65. The van der Waals surface area contributed by atoms with Crippen molar-refractivity contribution in [1.82, 2.24) is 4.98 Å². The Hall–Kier alpha value is -0.860. The van der Waals surface area contributed by atoms with Gasteiger partial charge in [0, 0.05) is 3.57 Å². The minimum atomic E-state index is -2.88. The number of ether oxygens (including phenoxy) is 1. The minimum absolute atomic E-state index is 0.0250. The predicted molar refractivity (Wildman–Crippen MR) is 57.8 cm³/mol. The van der Waals surface area contributed by atoms with E-state index in [0.717, 1.165) is 6.07 Å². The van der Waals surface area contributed by atoms with Crippen LogP contribution in [0.5, 0.6) is 0 Å². The average Bonchev–Trinajstić information content (AvgIpc) is 2.20. The molecule has 0 fully saturated rings. The second kappa shape index (κ2) is 5.46. The molecular formula is C9H7F3INO2. The van der Waals surface area contributed by atoms with E-state index in [4.69, 9.17) is 0 Å². The largest absolute Gasteiger partial charge is 0.462 e. The van der Waals surface area contributed by atoms with E-state index in [-0.39, 0.29) is 10.2 Å². The van der Waals surface area contributed by atoms with Crippen LogP contribution < -0.4 is 0 Å². The van der Waals surface area contributed by atoms with Crippen LogP contribution >= 0.6 is 22.6 Å². The molecular weight excluding hydrogens is 338 g/mol. The molecule has 0 spiro atoms. The Labute approximate surface area is 103 Å². The van der Waals surface area contributed by atoms with Crippen LogP contribution in [0.3, 0.4) is 0 Å². The molecule has 1 rings (SSSR count). The van der Waals surface area contributed by atoms with Crippen LogP contribution in [0.25, 0.3) is 0 Å². The van der Waals surface area contributed by atoms with Crippen molar-refractivity contribution in [3.8, 4) is 0 Å². The summed E-state index contributed by atoms with van der Waals surface area (Å²) in [4.78, 5) is 14.3. The van der Waals surface area contributed by atoms with Gasteiger partial charge in [-0.2, -0.15) is 4.39 Å². The number of aromatic nitrogens is 1. The third kappa shape index (κ3) is 2.83. The Bertz CT molecular complexity index is 412. The van der Waals surface area contributed by atoms with Crippen LogP contribution in [0.1, 0.15) is 29.4 Å². The van der Waals surface area contributed by atoms with Gasteiger partial charge in [0.25, 0.3) is 6.43 Å². The molecule has 1 heterocycles. The topological polar surface area (TPSA) is 39.2 Å². The first-order valence-electron chi connectivity index (χ1n) is 4.28. The molecule has 0 unspecified atom stereocenters. The molecule has 7 heteroatoms. The molecule has 0 atom stereocenters. The van der Waals surface area contributed by atoms with Gasteiger partial charge in [0.05, 0.1) is 6.61 Å². The zero-order chi connectivity index (χ0) is 12.3. The molecule has 0 saturated heterocycles. The van der Waals surface area contributed by atoms with Crippen LogP contribution in [0.2, 0.25) is 0 Å². The SMILES string of the molecule is CCOC(=O)c1cc(I)c(C(F)F)nc1F. The summed E-state index contributed by atoms with van der Waals surface area (Å²) in [6, 6.07) is 1.00. The van der Waals surface area contributed by atoms with E-state index in [1.54, 1.807) is 29.5 Å². The van der Waals surface area contributed by atoms with Gasteiger partial charge in [-0.05, 0) is 35.6 Å². The lowest BCUT2D eigenvalue weighted by atomic mass is 10.2. The highest BCUT2D eigenvalue weighted by molar-refractivity contribution is 14.1. The van der Waals surface area contributed by atoms with Gasteiger partial charge in [-0.25, -0.2) is 18.6 Å². The molecule has 1 aromatic rings. The van der Waals surface area contributed by atoms with Crippen molar-refractivity contribution in [3.05, 3.63) is 26.8 Å². The summed E-state index contributed by atoms with van der Waals surface area (Å²) in [6.07, 6.45) is -2.88. The number of esters is 1. The summed E-state index contributed by atoms with van der Waals surface area (Å²) < 4.78 is 42.5. The highest BCUT2D eigenvalue weighted by Crippen LogP contribution is 2.24. The fourth-order valence-electron chi connectivity index (χ4n) is 0.985. The number of nitrogens with zero attached hydrogens (tertiary/aromatic N) is 1. The molecule has 0 amide bonds. The minimum Gasteiger partial charge on any atom is -0.462 e. The molecule has 0 N–H and O–H groups in total. The molecule has 0 bridgehead atoms. The molecule has 16 heavy (non-hydrogen) atoms.